The Labute approximate surface area is 110 Å². The Kier molecular flexibility index (Phi) is 3.88. The molecule has 3 heteroatoms. The molecule has 0 aromatic heterocycles. The van der Waals surface area contributed by atoms with Crippen molar-refractivity contribution in [2.24, 2.45) is 0 Å². The molecule has 0 radical (unpaired) electrons. The quantitative estimate of drug-likeness (QED) is 0.671. The van der Waals surface area contributed by atoms with Crippen LogP contribution in [0.4, 0.5) is 0 Å². The second-order valence-corrected chi connectivity index (χ2v) is 4.03. The molecule has 0 aliphatic heterocycles. The number of carboxylic acid groups (broad SMARTS) is 1. The van der Waals surface area contributed by atoms with Gasteiger partial charge < -0.3 is 5.11 Å². The number of aldehydes is 1. The van der Waals surface area contributed by atoms with Crippen molar-refractivity contribution >= 4 is 18.3 Å². The monoisotopic (exact) mass is 252 g/mol. The minimum Gasteiger partial charge on any atom is -0.478 e. The van der Waals surface area contributed by atoms with Crippen LogP contribution in [0.15, 0.2) is 54.6 Å². The van der Waals surface area contributed by atoms with Crippen molar-refractivity contribution in [3.8, 4) is 11.1 Å². The summed E-state index contributed by atoms with van der Waals surface area (Å²) in [5.41, 5.74) is 3.50. The van der Waals surface area contributed by atoms with Gasteiger partial charge in [0.15, 0.2) is 0 Å². The Hall–Kier alpha value is -2.68. The summed E-state index contributed by atoms with van der Waals surface area (Å²) in [7, 11) is 0. The first-order chi connectivity index (χ1) is 9.19. The highest BCUT2D eigenvalue weighted by molar-refractivity contribution is 5.85. The predicted octanol–water partition coefficient (Wildman–Crippen LogP) is 3.26. The lowest BCUT2D eigenvalue weighted by Gasteiger charge is -2.02. The summed E-state index contributed by atoms with van der Waals surface area (Å²) in [5, 5.41) is 8.54. The van der Waals surface area contributed by atoms with Crippen molar-refractivity contribution in [3.63, 3.8) is 0 Å². The van der Waals surface area contributed by atoms with Gasteiger partial charge in [-0.05, 0) is 22.8 Å². The Morgan fingerprint density at radius 3 is 1.74 bits per heavy atom. The Bertz CT molecular complexity index is 607. The largest absolute Gasteiger partial charge is 0.478 e. The fourth-order valence-corrected chi connectivity index (χ4v) is 1.71. The Balaban J connectivity index is 2.21. The smallest absolute Gasteiger partial charge is 0.328 e. The van der Waals surface area contributed by atoms with E-state index in [1.54, 1.807) is 18.2 Å². The minimum absolute atomic E-state index is 0.643. The first-order valence-corrected chi connectivity index (χ1v) is 5.76. The van der Waals surface area contributed by atoms with Gasteiger partial charge in [-0.15, -0.1) is 0 Å². The van der Waals surface area contributed by atoms with Crippen LogP contribution in [0.3, 0.4) is 0 Å². The molecule has 0 fully saturated rings. The average molecular weight is 252 g/mol. The first-order valence-electron chi connectivity index (χ1n) is 5.76. The summed E-state index contributed by atoms with van der Waals surface area (Å²) in [5.74, 6) is -0.964. The number of hydrogen-bond acceptors (Lipinski definition) is 2. The van der Waals surface area contributed by atoms with Crippen LogP contribution in [-0.4, -0.2) is 17.4 Å². The van der Waals surface area contributed by atoms with E-state index >= 15 is 0 Å². The third kappa shape index (κ3) is 3.39. The van der Waals surface area contributed by atoms with E-state index in [-0.39, 0.29) is 0 Å². The highest BCUT2D eigenvalue weighted by atomic mass is 16.4. The minimum atomic E-state index is -0.964. The lowest BCUT2D eigenvalue weighted by atomic mass is 10.0. The highest BCUT2D eigenvalue weighted by Crippen LogP contribution is 2.20. The van der Waals surface area contributed by atoms with E-state index in [1.807, 2.05) is 36.4 Å². The van der Waals surface area contributed by atoms with E-state index < -0.39 is 5.97 Å². The lowest BCUT2D eigenvalue weighted by Crippen LogP contribution is -1.86. The van der Waals surface area contributed by atoms with E-state index in [9.17, 15) is 9.59 Å². The molecule has 2 rings (SSSR count). The second-order valence-electron chi connectivity index (χ2n) is 4.03. The van der Waals surface area contributed by atoms with Gasteiger partial charge in [0, 0.05) is 11.6 Å². The number of rotatable bonds is 4. The van der Waals surface area contributed by atoms with Crippen LogP contribution < -0.4 is 0 Å². The van der Waals surface area contributed by atoms with Crippen molar-refractivity contribution in [1.82, 2.24) is 0 Å². The molecule has 0 heterocycles. The van der Waals surface area contributed by atoms with Gasteiger partial charge in [-0.3, -0.25) is 4.79 Å². The summed E-state index contributed by atoms with van der Waals surface area (Å²) in [6.07, 6.45) is 3.46. The van der Waals surface area contributed by atoms with Crippen molar-refractivity contribution < 1.29 is 14.7 Å². The molecule has 94 valence electrons. The topological polar surface area (TPSA) is 54.4 Å². The van der Waals surface area contributed by atoms with Gasteiger partial charge >= 0.3 is 5.97 Å². The Morgan fingerprint density at radius 1 is 0.842 bits per heavy atom. The van der Waals surface area contributed by atoms with Crippen molar-refractivity contribution in [1.29, 1.82) is 0 Å². The molecular formula is C16H12O3. The van der Waals surface area contributed by atoms with Crippen molar-refractivity contribution in [3.05, 3.63) is 65.7 Å². The molecule has 0 aliphatic carbocycles. The van der Waals surface area contributed by atoms with Crippen molar-refractivity contribution in [2.75, 3.05) is 0 Å². The molecule has 19 heavy (non-hydrogen) atoms. The molecule has 0 atom stereocenters. The number of carboxylic acids is 1. The maximum atomic E-state index is 10.6. The molecule has 0 saturated heterocycles. The zero-order valence-electron chi connectivity index (χ0n) is 10.1. The fraction of sp³-hybridized carbons (Fsp3) is 0. The molecule has 1 N–H and O–H groups in total. The van der Waals surface area contributed by atoms with Crippen LogP contribution in [0.5, 0.6) is 0 Å². The number of carbonyl (C=O) groups is 2. The van der Waals surface area contributed by atoms with Gasteiger partial charge in [0.25, 0.3) is 0 Å². The zero-order chi connectivity index (χ0) is 13.7. The van der Waals surface area contributed by atoms with Gasteiger partial charge in [0.2, 0.25) is 0 Å². The fourth-order valence-electron chi connectivity index (χ4n) is 1.71. The molecule has 2 aromatic rings. The summed E-state index contributed by atoms with van der Waals surface area (Å²) in [4.78, 5) is 21.0. The van der Waals surface area contributed by atoms with Gasteiger partial charge in [-0.2, -0.15) is 0 Å². The molecule has 0 bridgehead atoms. The van der Waals surface area contributed by atoms with Gasteiger partial charge in [-0.1, -0.05) is 48.5 Å². The molecule has 0 spiro atoms. The maximum Gasteiger partial charge on any atom is 0.328 e. The van der Waals surface area contributed by atoms with Gasteiger partial charge in [-0.25, -0.2) is 4.79 Å². The molecule has 0 aliphatic rings. The maximum absolute atomic E-state index is 10.6. The molecule has 3 nitrogen and oxygen atoms in total. The standard InChI is InChI=1S/C16H12O3/c17-11-13-3-8-15(9-4-13)14-6-1-12(2-7-14)5-10-16(18)19/h1-11H,(H,18,19)/b10-5+. The molecule has 2 aromatic carbocycles. The van der Waals surface area contributed by atoms with Gasteiger partial charge in [0.05, 0.1) is 0 Å². The number of carbonyl (C=O) groups excluding carboxylic acids is 1. The van der Waals surface area contributed by atoms with Crippen LogP contribution in [0, 0.1) is 0 Å². The third-order valence-electron chi connectivity index (χ3n) is 2.71. The van der Waals surface area contributed by atoms with Crippen LogP contribution in [0.1, 0.15) is 15.9 Å². The van der Waals surface area contributed by atoms with Crippen LogP contribution >= 0.6 is 0 Å². The van der Waals surface area contributed by atoms with Crippen LogP contribution in [0.2, 0.25) is 0 Å². The summed E-state index contributed by atoms with van der Waals surface area (Å²) in [6.45, 7) is 0. The highest BCUT2D eigenvalue weighted by Gasteiger charge is 1.98. The zero-order valence-corrected chi connectivity index (χ0v) is 10.1. The SMILES string of the molecule is O=Cc1ccc(-c2ccc(/C=C/C(=O)O)cc2)cc1. The first kappa shape index (κ1) is 12.8. The normalized spacial score (nSPS) is 10.5. The van der Waals surface area contributed by atoms with E-state index in [4.69, 9.17) is 5.11 Å². The molecule has 0 amide bonds. The number of aliphatic carboxylic acids is 1. The second kappa shape index (κ2) is 5.78. The lowest BCUT2D eigenvalue weighted by molar-refractivity contribution is -0.131. The van der Waals surface area contributed by atoms with Crippen LogP contribution in [0.25, 0.3) is 17.2 Å². The van der Waals surface area contributed by atoms with Crippen LogP contribution in [-0.2, 0) is 4.79 Å². The van der Waals surface area contributed by atoms with E-state index in [0.29, 0.717) is 5.56 Å². The number of benzene rings is 2. The molecular weight excluding hydrogens is 240 g/mol. The number of hydrogen-bond donors (Lipinski definition) is 1. The summed E-state index contributed by atoms with van der Waals surface area (Å²) >= 11 is 0. The summed E-state index contributed by atoms with van der Waals surface area (Å²) in [6, 6.07) is 14.8. The predicted molar refractivity (Wildman–Crippen MR) is 73.9 cm³/mol. The van der Waals surface area contributed by atoms with E-state index in [1.165, 1.54) is 0 Å². The van der Waals surface area contributed by atoms with E-state index in [0.717, 1.165) is 29.1 Å². The van der Waals surface area contributed by atoms with Crippen molar-refractivity contribution in [2.45, 2.75) is 0 Å². The van der Waals surface area contributed by atoms with Gasteiger partial charge in [0.1, 0.15) is 6.29 Å². The summed E-state index contributed by atoms with van der Waals surface area (Å²) < 4.78 is 0. The van der Waals surface area contributed by atoms with E-state index in [2.05, 4.69) is 0 Å². The Morgan fingerprint density at radius 2 is 1.32 bits per heavy atom. The molecule has 0 saturated carbocycles. The average Bonchev–Trinajstić information content (AvgIpc) is 2.46. The molecule has 0 unspecified atom stereocenters. The third-order valence-corrected chi connectivity index (χ3v) is 2.71.